The van der Waals surface area contributed by atoms with Crippen LogP contribution in [0.25, 0.3) is 6.08 Å². The summed E-state index contributed by atoms with van der Waals surface area (Å²) in [6.45, 7) is 2.00. The van der Waals surface area contributed by atoms with E-state index in [9.17, 15) is 9.90 Å². The van der Waals surface area contributed by atoms with Crippen LogP contribution in [-0.4, -0.2) is 21.1 Å². The molecule has 31 heavy (non-hydrogen) atoms. The van der Waals surface area contributed by atoms with E-state index in [0.717, 1.165) is 16.8 Å². The van der Waals surface area contributed by atoms with Crippen molar-refractivity contribution in [2.75, 3.05) is 0 Å². The lowest BCUT2D eigenvalue weighted by Crippen LogP contribution is -2.32. The standard InChI is InChI=1S/C24H18Br2N2O2S/c1-15(17-8-4-2-5-9-17)28-23(30)21(14-16-12-19(25)22(29)20(26)13-16)31-24(28)27-18-10-6-3-7-11-18/h2-15,29H,1H3/b21-14+,27-24?/t15-/m0/s1. The number of nitrogens with zero attached hydrogens (tertiary/aromatic N) is 2. The van der Waals surface area contributed by atoms with Gasteiger partial charge in [-0.25, -0.2) is 4.99 Å². The van der Waals surface area contributed by atoms with Crippen molar-refractivity contribution < 1.29 is 9.90 Å². The fourth-order valence-electron chi connectivity index (χ4n) is 3.22. The monoisotopic (exact) mass is 556 g/mol. The third-order valence-corrected chi connectivity index (χ3v) is 7.02. The average Bonchev–Trinajstić information content (AvgIpc) is 3.07. The van der Waals surface area contributed by atoms with Crippen LogP contribution in [0.5, 0.6) is 5.75 Å². The van der Waals surface area contributed by atoms with Gasteiger partial charge in [0.25, 0.3) is 5.91 Å². The summed E-state index contributed by atoms with van der Waals surface area (Å²) in [7, 11) is 0. The molecule has 0 aromatic heterocycles. The molecule has 0 bridgehead atoms. The number of phenolic OH excluding ortho intramolecular Hbond substituents is 1. The van der Waals surface area contributed by atoms with E-state index in [-0.39, 0.29) is 17.7 Å². The van der Waals surface area contributed by atoms with Crippen molar-refractivity contribution in [3.05, 3.63) is 97.8 Å². The maximum atomic E-state index is 13.4. The van der Waals surface area contributed by atoms with Gasteiger partial charge in [0, 0.05) is 0 Å². The van der Waals surface area contributed by atoms with Gasteiger partial charge in [-0.3, -0.25) is 9.69 Å². The van der Waals surface area contributed by atoms with Gasteiger partial charge in [0.05, 0.1) is 25.6 Å². The molecule has 4 nitrogen and oxygen atoms in total. The van der Waals surface area contributed by atoms with E-state index in [4.69, 9.17) is 4.99 Å². The molecule has 1 fully saturated rings. The minimum absolute atomic E-state index is 0.101. The summed E-state index contributed by atoms with van der Waals surface area (Å²) >= 11 is 8.05. The lowest BCUT2D eigenvalue weighted by molar-refractivity contribution is -0.123. The molecule has 0 radical (unpaired) electrons. The number of benzene rings is 3. The topological polar surface area (TPSA) is 52.9 Å². The molecule has 1 amide bonds. The molecule has 1 atom stereocenters. The predicted octanol–water partition coefficient (Wildman–Crippen LogP) is 7.28. The van der Waals surface area contributed by atoms with Gasteiger partial charge in [-0.1, -0.05) is 48.5 Å². The lowest BCUT2D eigenvalue weighted by Gasteiger charge is -2.24. The smallest absolute Gasteiger partial charge is 0.267 e. The van der Waals surface area contributed by atoms with Gasteiger partial charge >= 0.3 is 0 Å². The summed E-state index contributed by atoms with van der Waals surface area (Å²) in [6, 6.07) is 22.9. The van der Waals surface area contributed by atoms with Crippen molar-refractivity contribution in [1.82, 2.24) is 4.90 Å². The van der Waals surface area contributed by atoms with E-state index >= 15 is 0 Å². The van der Waals surface area contributed by atoms with Crippen molar-refractivity contribution in [3.8, 4) is 5.75 Å². The fourth-order valence-corrected chi connectivity index (χ4v) is 5.51. The van der Waals surface area contributed by atoms with Gasteiger partial charge < -0.3 is 5.11 Å². The first-order chi connectivity index (χ1) is 14.9. The molecule has 1 aliphatic rings. The number of carbonyl (C=O) groups excluding carboxylic acids is 1. The second-order valence-corrected chi connectivity index (χ2v) is 9.65. The molecule has 1 heterocycles. The van der Waals surface area contributed by atoms with E-state index in [1.54, 1.807) is 17.0 Å². The Labute approximate surface area is 202 Å². The van der Waals surface area contributed by atoms with E-state index < -0.39 is 0 Å². The number of hydrogen-bond acceptors (Lipinski definition) is 4. The van der Waals surface area contributed by atoms with Crippen LogP contribution >= 0.6 is 43.6 Å². The van der Waals surface area contributed by atoms with Gasteiger partial charge in [0.15, 0.2) is 5.17 Å². The van der Waals surface area contributed by atoms with E-state index in [1.807, 2.05) is 73.7 Å². The first-order valence-electron chi connectivity index (χ1n) is 9.54. The maximum absolute atomic E-state index is 13.4. The Morgan fingerprint density at radius 2 is 1.58 bits per heavy atom. The van der Waals surface area contributed by atoms with Crippen LogP contribution in [0.1, 0.15) is 24.1 Å². The molecule has 4 rings (SSSR count). The number of amides is 1. The molecular formula is C24H18Br2N2O2S. The molecule has 1 saturated heterocycles. The number of rotatable bonds is 4. The Hall–Kier alpha value is -2.35. The van der Waals surface area contributed by atoms with Crippen LogP contribution in [-0.2, 0) is 4.79 Å². The lowest BCUT2D eigenvalue weighted by atomic mass is 10.1. The zero-order chi connectivity index (χ0) is 22.0. The number of para-hydroxylation sites is 1. The minimum atomic E-state index is -0.173. The number of thioether (sulfide) groups is 1. The Bertz CT molecular complexity index is 1160. The second-order valence-electron chi connectivity index (χ2n) is 6.94. The summed E-state index contributed by atoms with van der Waals surface area (Å²) in [6.07, 6.45) is 1.82. The Kier molecular flexibility index (Phi) is 6.65. The molecule has 1 N–H and O–H groups in total. The van der Waals surface area contributed by atoms with Crippen LogP contribution in [0.2, 0.25) is 0 Å². The number of aromatic hydroxyl groups is 1. The number of phenols is 1. The number of halogens is 2. The van der Waals surface area contributed by atoms with E-state index in [1.165, 1.54) is 11.8 Å². The SMILES string of the molecule is C[C@@H](c1ccccc1)N1C(=O)/C(=C\c2cc(Br)c(O)c(Br)c2)SC1=Nc1ccccc1. The number of hydrogen-bond donors (Lipinski definition) is 1. The average molecular weight is 558 g/mol. The highest BCUT2D eigenvalue weighted by molar-refractivity contribution is 9.11. The zero-order valence-electron chi connectivity index (χ0n) is 16.5. The Morgan fingerprint density at radius 3 is 2.19 bits per heavy atom. The van der Waals surface area contributed by atoms with Crippen LogP contribution in [0.3, 0.4) is 0 Å². The highest BCUT2D eigenvalue weighted by atomic mass is 79.9. The third-order valence-electron chi connectivity index (χ3n) is 4.82. The third kappa shape index (κ3) is 4.79. The predicted molar refractivity (Wildman–Crippen MR) is 134 cm³/mol. The fraction of sp³-hybridized carbons (Fsp3) is 0.0833. The minimum Gasteiger partial charge on any atom is -0.506 e. The van der Waals surface area contributed by atoms with Crippen LogP contribution in [0.4, 0.5) is 5.69 Å². The first kappa shape index (κ1) is 21.9. The summed E-state index contributed by atoms with van der Waals surface area (Å²) in [4.78, 5) is 20.5. The largest absolute Gasteiger partial charge is 0.506 e. The molecule has 156 valence electrons. The van der Waals surface area contributed by atoms with Crippen molar-refractivity contribution in [3.63, 3.8) is 0 Å². The quantitative estimate of drug-likeness (QED) is 0.343. The summed E-state index contributed by atoms with van der Waals surface area (Å²) < 4.78 is 1.11. The van der Waals surface area contributed by atoms with Crippen molar-refractivity contribution in [2.24, 2.45) is 4.99 Å². The van der Waals surface area contributed by atoms with Crippen LogP contribution < -0.4 is 0 Å². The van der Waals surface area contributed by atoms with Gasteiger partial charge in [0.2, 0.25) is 0 Å². The molecular weight excluding hydrogens is 540 g/mol. The summed E-state index contributed by atoms with van der Waals surface area (Å²) in [5.74, 6) is 0.0227. The van der Waals surface area contributed by atoms with E-state index in [2.05, 4.69) is 31.9 Å². The molecule has 3 aromatic carbocycles. The molecule has 1 aliphatic heterocycles. The van der Waals surface area contributed by atoms with Crippen LogP contribution in [0.15, 0.2) is 91.6 Å². The zero-order valence-corrected chi connectivity index (χ0v) is 20.5. The van der Waals surface area contributed by atoms with Gasteiger partial charge in [0.1, 0.15) is 5.75 Å². The number of aliphatic imine (C=N–C) groups is 1. The van der Waals surface area contributed by atoms with Gasteiger partial charge in [-0.2, -0.15) is 0 Å². The Morgan fingerprint density at radius 1 is 1.00 bits per heavy atom. The van der Waals surface area contributed by atoms with E-state index in [0.29, 0.717) is 19.0 Å². The molecule has 0 unspecified atom stereocenters. The molecule has 0 saturated carbocycles. The molecule has 7 heteroatoms. The number of amidine groups is 1. The normalized spacial score (nSPS) is 17.5. The molecule has 3 aromatic rings. The number of carbonyl (C=O) groups is 1. The molecule has 0 aliphatic carbocycles. The maximum Gasteiger partial charge on any atom is 0.267 e. The van der Waals surface area contributed by atoms with Crippen molar-refractivity contribution in [2.45, 2.75) is 13.0 Å². The second kappa shape index (κ2) is 9.42. The van der Waals surface area contributed by atoms with Gasteiger partial charge in [-0.05, 0) is 92.0 Å². The van der Waals surface area contributed by atoms with Gasteiger partial charge in [-0.15, -0.1) is 0 Å². The summed E-state index contributed by atoms with van der Waals surface area (Å²) in [5.41, 5.74) is 2.62. The highest BCUT2D eigenvalue weighted by Gasteiger charge is 2.37. The molecule has 0 spiro atoms. The summed E-state index contributed by atoms with van der Waals surface area (Å²) in [5, 5.41) is 10.6. The van der Waals surface area contributed by atoms with Crippen molar-refractivity contribution in [1.29, 1.82) is 0 Å². The van der Waals surface area contributed by atoms with Crippen molar-refractivity contribution >= 4 is 66.5 Å². The Balaban J connectivity index is 1.76. The highest BCUT2D eigenvalue weighted by Crippen LogP contribution is 2.40. The first-order valence-corrected chi connectivity index (χ1v) is 11.9. The van der Waals surface area contributed by atoms with Crippen LogP contribution in [0, 0.1) is 0 Å².